The molecule has 1 amide bonds. The summed E-state index contributed by atoms with van der Waals surface area (Å²) < 4.78 is 5.71. The van der Waals surface area contributed by atoms with Crippen LogP contribution in [0.25, 0.3) is 6.08 Å². The molecule has 4 rings (SSSR count). The van der Waals surface area contributed by atoms with E-state index in [2.05, 4.69) is 34.2 Å². The average molecular weight is 412 g/mol. The van der Waals surface area contributed by atoms with Crippen molar-refractivity contribution in [2.75, 3.05) is 18.0 Å². The first-order valence-corrected chi connectivity index (χ1v) is 10.5. The molecule has 0 aliphatic carbocycles. The first-order valence-electron chi connectivity index (χ1n) is 10.5. The fourth-order valence-electron chi connectivity index (χ4n) is 3.51. The second-order valence-corrected chi connectivity index (χ2v) is 7.02. The van der Waals surface area contributed by atoms with Crippen molar-refractivity contribution in [3.05, 3.63) is 96.3 Å². The van der Waals surface area contributed by atoms with Crippen LogP contribution in [0.4, 0.5) is 17.1 Å². The van der Waals surface area contributed by atoms with Crippen LogP contribution in [0.2, 0.25) is 0 Å². The molecule has 1 aliphatic heterocycles. The van der Waals surface area contributed by atoms with Crippen LogP contribution in [0.1, 0.15) is 19.4 Å². The molecule has 0 atom stereocenters. The summed E-state index contributed by atoms with van der Waals surface area (Å²) >= 11 is 0. The van der Waals surface area contributed by atoms with E-state index in [1.54, 1.807) is 11.0 Å². The number of nitrogens with zero attached hydrogens (tertiary/aromatic N) is 3. The Balaban J connectivity index is 1.65. The van der Waals surface area contributed by atoms with Gasteiger partial charge in [-0.25, -0.2) is 4.99 Å². The molecule has 1 saturated heterocycles. The number of benzene rings is 3. The molecule has 0 spiro atoms. The van der Waals surface area contributed by atoms with Crippen molar-refractivity contribution in [1.82, 2.24) is 4.90 Å². The number of anilines is 3. The normalized spacial score (nSPS) is 16.1. The van der Waals surface area contributed by atoms with E-state index < -0.39 is 0 Å². The van der Waals surface area contributed by atoms with Gasteiger partial charge >= 0.3 is 0 Å². The summed E-state index contributed by atoms with van der Waals surface area (Å²) in [5.74, 6) is 0.138. The molecule has 5 heteroatoms. The highest BCUT2D eigenvalue weighted by atomic mass is 16.5. The van der Waals surface area contributed by atoms with Gasteiger partial charge in [0.05, 0.1) is 0 Å². The van der Waals surface area contributed by atoms with Crippen molar-refractivity contribution < 1.29 is 9.53 Å². The molecule has 1 heterocycles. The predicted octanol–water partition coefficient (Wildman–Crippen LogP) is 5.75. The largest absolute Gasteiger partial charge is 0.420 e. The topological polar surface area (TPSA) is 45.1 Å². The molecular weight excluding hydrogens is 386 g/mol. The summed E-state index contributed by atoms with van der Waals surface area (Å²) in [4.78, 5) is 20.6. The maximum absolute atomic E-state index is 12.6. The first kappa shape index (κ1) is 20.4. The quantitative estimate of drug-likeness (QED) is 0.485. The van der Waals surface area contributed by atoms with E-state index in [0.29, 0.717) is 24.9 Å². The molecule has 1 fully saturated rings. The maximum atomic E-state index is 12.6. The van der Waals surface area contributed by atoms with Crippen molar-refractivity contribution in [2.24, 2.45) is 4.99 Å². The number of carbonyl (C=O) groups is 1. The zero-order valence-electron chi connectivity index (χ0n) is 17.7. The minimum Gasteiger partial charge on any atom is -0.420 e. The number of carbonyl (C=O) groups excluding carboxylic acids is 1. The number of hydrogen-bond donors (Lipinski definition) is 0. The third-order valence-corrected chi connectivity index (χ3v) is 4.98. The molecular formula is C26H25N3O2. The number of hydrogen-bond acceptors (Lipinski definition) is 4. The lowest BCUT2D eigenvalue weighted by atomic mass is 10.1. The molecule has 0 bridgehead atoms. The summed E-state index contributed by atoms with van der Waals surface area (Å²) in [6.07, 6.45) is 1.77. The predicted molar refractivity (Wildman–Crippen MR) is 126 cm³/mol. The Morgan fingerprint density at radius 1 is 0.839 bits per heavy atom. The van der Waals surface area contributed by atoms with Gasteiger partial charge in [0.1, 0.15) is 0 Å². The molecule has 1 aliphatic rings. The zero-order valence-corrected chi connectivity index (χ0v) is 17.7. The lowest BCUT2D eigenvalue weighted by Gasteiger charge is -2.25. The number of likely N-dealkylation sites (N-methyl/N-ethyl adjacent to an activating group) is 1. The van der Waals surface area contributed by atoms with Gasteiger partial charge in [0.2, 0.25) is 0 Å². The van der Waals surface area contributed by atoms with Crippen LogP contribution < -0.4 is 4.90 Å². The highest BCUT2D eigenvalue weighted by Gasteiger charge is 2.33. The molecule has 5 nitrogen and oxygen atoms in total. The molecule has 156 valence electrons. The van der Waals surface area contributed by atoms with Crippen LogP contribution in [-0.4, -0.2) is 29.9 Å². The Morgan fingerprint density at radius 2 is 1.39 bits per heavy atom. The number of amidine groups is 1. The van der Waals surface area contributed by atoms with Crippen molar-refractivity contribution in [3.63, 3.8) is 0 Å². The molecule has 0 saturated carbocycles. The Hall–Kier alpha value is -3.86. The number of aliphatic imine (C=N–C) groups is 1. The van der Waals surface area contributed by atoms with E-state index in [9.17, 15) is 4.79 Å². The van der Waals surface area contributed by atoms with E-state index in [-0.39, 0.29) is 5.91 Å². The van der Waals surface area contributed by atoms with Crippen molar-refractivity contribution >= 4 is 35.1 Å². The van der Waals surface area contributed by atoms with Crippen LogP contribution in [-0.2, 0) is 9.53 Å². The lowest BCUT2D eigenvalue weighted by molar-refractivity contribution is -0.122. The van der Waals surface area contributed by atoms with Gasteiger partial charge in [0.15, 0.2) is 5.76 Å². The minimum atomic E-state index is -0.158. The Kier molecular flexibility index (Phi) is 6.13. The van der Waals surface area contributed by atoms with Gasteiger partial charge in [-0.15, -0.1) is 0 Å². The van der Waals surface area contributed by atoms with Crippen molar-refractivity contribution in [2.45, 2.75) is 13.8 Å². The number of para-hydroxylation sites is 2. The van der Waals surface area contributed by atoms with Crippen LogP contribution in [0.5, 0.6) is 0 Å². The number of amides is 1. The molecule has 0 aromatic heterocycles. The van der Waals surface area contributed by atoms with Gasteiger partial charge in [-0.2, -0.15) is 0 Å². The monoisotopic (exact) mass is 411 g/mol. The molecule has 0 radical (unpaired) electrons. The highest BCUT2D eigenvalue weighted by molar-refractivity contribution is 6.11. The Labute approximate surface area is 182 Å². The standard InChI is InChI=1S/C26H25N3O2/c1-3-27-26-28(4-2)25(30)24(31-26)19-20-15-17-23(18-16-20)29(21-11-7-5-8-12-21)22-13-9-6-10-14-22/h5-19H,3-4H2,1-2H3/b24-19+,27-26-. The molecule has 31 heavy (non-hydrogen) atoms. The summed E-state index contributed by atoms with van der Waals surface area (Å²) in [5, 5.41) is 0. The molecule has 0 N–H and O–H groups in total. The SMILES string of the molecule is CC/N=C1\O/C(=C/c2ccc(N(c3ccccc3)c3ccccc3)cc2)C(=O)N1CC. The lowest BCUT2D eigenvalue weighted by Crippen LogP contribution is -2.29. The van der Waals surface area contributed by atoms with E-state index in [0.717, 1.165) is 22.6 Å². The van der Waals surface area contributed by atoms with Gasteiger partial charge in [-0.1, -0.05) is 48.5 Å². The summed E-state index contributed by atoms with van der Waals surface area (Å²) in [7, 11) is 0. The van der Waals surface area contributed by atoms with Crippen LogP contribution >= 0.6 is 0 Å². The van der Waals surface area contributed by atoms with E-state index >= 15 is 0 Å². The molecule has 3 aromatic carbocycles. The summed E-state index contributed by atoms with van der Waals surface area (Å²) in [6.45, 7) is 4.92. The summed E-state index contributed by atoms with van der Waals surface area (Å²) in [5.41, 5.74) is 4.07. The van der Waals surface area contributed by atoms with Crippen LogP contribution in [0.3, 0.4) is 0 Å². The summed E-state index contributed by atoms with van der Waals surface area (Å²) in [6, 6.07) is 28.9. The first-order chi connectivity index (χ1) is 15.2. The fraction of sp³-hybridized carbons (Fsp3) is 0.154. The minimum absolute atomic E-state index is 0.158. The van der Waals surface area contributed by atoms with Crippen molar-refractivity contribution in [1.29, 1.82) is 0 Å². The van der Waals surface area contributed by atoms with E-state index in [1.807, 2.05) is 74.5 Å². The van der Waals surface area contributed by atoms with E-state index in [1.165, 1.54) is 0 Å². The van der Waals surface area contributed by atoms with Gasteiger partial charge < -0.3 is 9.64 Å². The Bertz CT molecular complexity index is 1050. The van der Waals surface area contributed by atoms with E-state index in [4.69, 9.17) is 4.74 Å². The van der Waals surface area contributed by atoms with Crippen LogP contribution in [0.15, 0.2) is 95.7 Å². The Morgan fingerprint density at radius 3 is 1.90 bits per heavy atom. The van der Waals surface area contributed by atoms with Gasteiger partial charge in [-0.3, -0.25) is 9.69 Å². The number of ether oxygens (including phenoxy) is 1. The molecule has 3 aromatic rings. The maximum Gasteiger partial charge on any atom is 0.300 e. The third kappa shape index (κ3) is 4.36. The number of rotatable bonds is 6. The second kappa shape index (κ2) is 9.30. The van der Waals surface area contributed by atoms with Crippen LogP contribution in [0, 0.1) is 0 Å². The average Bonchev–Trinajstić information content (AvgIpc) is 3.10. The third-order valence-electron chi connectivity index (χ3n) is 4.98. The highest BCUT2D eigenvalue weighted by Crippen LogP contribution is 2.34. The smallest absolute Gasteiger partial charge is 0.300 e. The van der Waals surface area contributed by atoms with Gasteiger partial charge in [-0.05, 0) is 61.9 Å². The fourth-order valence-corrected chi connectivity index (χ4v) is 3.51. The second-order valence-electron chi connectivity index (χ2n) is 7.02. The van der Waals surface area contributed by atoms with Gasteiger partial charge in [0.25, 0.3) is 11.9 Å². The van der Waals surface area contributed by atoms with Gasteiger partial charge in [0, 0.05) is 30.2 Å². The zero-order chi connectivity index (χ0) is 21.6. The van der Waals surface area contributed by atoms with Crippen molar-refractivity contribution in [3.8, 4) is 0 Å². The molecule has 0 unspecified atom stereocenters.